The van der Waals surface area contributed by atoms with E-state index in [1.807, 2.05) is 6.08 Å². The van der Waals surface area contributed by atoms with Crippen molar-refractivity contribution >= 4 is 13.3 Å². The van der Waals surface area contributed by atoms with E-state index in [4.69, 9.17) is 4.74 Å². The van der Waals surface area contributed by atoms with E-state index in [0.29, 0.717) is 6.61 Å². The molecule has 2 aliphatic carbocycles. The number of hydrogen-bond acceptors (Lipinski definition) is 1. The summed E-state index contributed by atoms with van der Waals surface area (Å²) >= 11 is 0. The lowest BCUT2D eigenvalue weighted by molar-refractivity contribution is 0.361. The minimum atomic E-state index is -1.88. The molecule has 1 fully saturated rings. The zero-order chi connectivity index (χ0) is 26.0. The van der Waals surface area contributed by atoms with Gasteiger partial charge in [-0.15, -0.1) is 0 Å². The Morgan fingerprint density at radius 1 is 0.972 bits per heavy atom. The van der Waals surface area contributed by atoms with Crippen LogP contribution in [0, 0.1) is 11.8 Å². The Hall–Kier alpha value is -1.54. The van der Waals surface area contributed by atoms with Gasteiger partial charge < -0.3 is 4.74 Å². The molecule has 0 heterocycles. The Morgan fingerprint density at radius 2 is 1.69 bits per heavy atom. The summed E-state index contributed by atoms with van der Waals surface area (Å²) in [5, 5.41) is 1.59. The highest BCUT2D eigenvalue weighted by atomic mass is 28.3. The van der Waals surface area contributed by atoms with Crippen LogP contribution in [0.4, 0.5) is 0 Å². The highest BCUT2D eigenvalue weighted by Gasteiger charge is 2.49. The molecule has 0 N–H and O–H groups in total. The van der Waals surface area contributed by atoms with Gasteiger partial charge in [-0.25, -0.2) is 0 Å². The van der Waals surface area contributed by atoms with E-state index >= 15 is 0 Å². The molecular weight excluding hydrogens is 452 g/mol. The average molecular weight is 507 g/mol. The van der Waals surface area contributed by atoms with E-state index in [1.54, 1.807) is 16.3 Å². The van der Waals surface area contributed by atoms with Gasteiger partial charge in [-0.3, -0.25) is 0 Å². The van der Waals surface area contributed by atoms with Crippen molar-refractivity contribution in [3.8, 4) is 5.75 Å². The molecule has 0 aromatic heterocycles. The maximum Gasteiger partial charge on any atom is 0.122 e. The van der Waals surface area contributed by atoms with Crippen molar-refractivity contribution in [2.75, 3.05) is 6.61 Å². The van der Waals surface area contributed by atoms with Crippen molar-refractivity contribution in [2.45, 2.75) is 123 Å². The normalized spacial score (nSPS) is 21.4. The lowest BCUT2D eigenvalue weighted by Crippen LogP contribution is -2.49. The minimum Gasteiger partial charge on any atom is -0.489 e. The van der Waals surface area contributed by atoms with Crippen LogP contribution >= 0.6 is 0 Å². The number of rotatable bonds is 16. The quantitative estimate of drug-likeness (QED) is 0.123. The largest absolute Gasteiger partial charge is 0.489 e. The molecule has 0 saturated heterocycles. The van der Waals surface area contributed by atoms with Crippen molar-refractivity contribution in [3.63, 3.8) is 0 Å². The maximum atomic E-state index is 6.61. The number of aryl methyl sites for hydroxylation is 2. The van der Waals surface area contributed by atoms with E-state index < -0.39 is 8.07 Å². The van der Waals surface area contributed by atoms with Crippen LogP contribution < -0.4 is 9.92 Å². The fraction of sp³-hybridized carbons (Fsp3) is 0.647. The van der Waals surface area contributed by atoms with Crippen LogP contribution in [0.25, 0.3) is 0 Å². The predicted octanol–water partition coefficient (Wildman–Crippen LogP) is 9.71. The summed E-state index contributed by atoms with van der Waals surface area (Å²) in [6, 6.07) is 5.11. The molecule has 3 atom stereocenters. The topological polar surface area (TPSA) is 9.23 Å². The molecule has 1 aromatic carbocycles. The average Bonchev–Trinajstić information content (AvgIpc) is 3.26. The first-order valence-electron chi connectivity index (χ1n) is 15.2. The molecule has 0 radical (unpaired) electrons. The minimum absolute atomic E-state index is 0.603. The summed E-state index contributed by atoms with van der Waals surface area (Å²) in [5.74, 6) is 2.82. The van der Waals surface area contributed by atoms with Crippen LogP contribution in [-0.2, 0) is 12.8 Å². The molecule has 3 rings (SSSR count). The summed E-state index contributed by atoms with van der Waals surface area (Å²) in [7, 11) is -1.88. The number of benzene rings is 1. The number of allylic oxidation sites excluding steroid dienone is 4. The van der Waals surface area contributed by atoms with E-state index in [2.05, 4.69) is 70.8 Å². The summed E-state index contributed by atoms with van der Waals surface area (Å²) in [4.78, 5) is 0. The van der Waals surface area contributed by atoms with Crippen molar-refractivity contribution in [1.82, 2.24) is 0 Å². The predicted molar refractivity (Wildman–Crippen MR) is 162 cm³/mol. The smallest absolute Gasteiger partial charge is 0.122 e. The first kappa shape index (κ1) is 29.0. The van der Waals surface area contributed by atoms with Crippen LogP contribution in [0.15, 0.2) is 48.6 Å². The van der Waals surface area contributed by atoms with E-state index in [-0.39, 0.29) is 0 Å². The van der Waals surface area contributed by atoms with Crippen LogP contribution in [0.2, 0.25) is 18.6 Å². The molecule has 0 aliphatic heterocycles. The maximum absolute atomic E-state index is 6.61. The molecular formula is C34H54OSi. The fourth-order valence-electron chi connectivity index (χ4n) is 7.00. The Labute approximate surface area is 224 Å². The van der Waals surface area contributed by atoms with E-state index in [0.717, 1.165) is 23.8 Å². The SMILES string of the molecule is C=CCOc1c(CCCCC)cc(CCCCC)cc1[Si](C)(C)C1C2=CC=CCC2CC1CCCC. The summed E-state index contributed by atoms with van der Waals surface area (Å²) in [6.45, 7) is 16.9. The number of fused-ring (bicyclic) bond motifs is 1. The zero-order valence-electron chi connectivity index (χ0n) is 24.2. The van der Waals surface area contributed by atoms with Crippen molar-refractivity contribution in [1.29, 1.82) is 0 Å². The van der Waals surface area contributed by atoms with Crippen molar-refractivity contribution < 1.29 is 4.74 Å². The van der Waals surface area contributed by atoms with E-state index in [1.165, 1.54) is 88.4 Å². The summed E-state index contributed by atoms with van der Waals surface area (Å²) in [5.41, 5.74) is 5.51. The van der Waals surface area contributed by atoms with Crippen LogP contribution in [0.3, 0.4) is 0 Å². The summed E-state index contributed by atoms with van der Waals surface area (Å²) < 4.78 is 6.61. The molecule has 2 heteroatoms. The van der Waals surface area contributed by atoms with Gasteiger partial charge in [0, 0.05) is 0 Å². The van der Waals surface area contributed by atoms with Crippen LogP contribution in [-0.4, -0.2) is 14.7 Å². The first-order valence-corrected chi connectivity index (χ1v) is 18.3. The van der Waals surface area contributed by atoms with Gasteiger partial charge in [0.15, 0.2) is 0 Å². The molecule has 1 aromatic rings. The van der Waals surface area contributed by atoms with E-state index in [9.17, 15) is 0 Å². The Balaban J connectivity index is 2.10. The van der Waals surface area contributed by atoms with Crippen molar-refractivity contribution in [2.24, 2.45) is 11.8 Å². The Morgan fingerprint density at radius 3 is 2.39 bits per heavy atom. The van der Waals surface area contributed by atoms with Gasteiger partial charge in [0.1, 0.15) is 12.4 Å². The lowest BCUT2D eigenvalue weighted by atomic mass is 9.94. The molecule has 1 saturated carbocycles. The molecule has 3 unspecified atom stereocenters. The van der Waals surface area contributed by atoms with Gasteiger partial charge in [0.2, 0.25) is 0 Å². The molecule has 0 bridgehead atoms. The Kier molecular flexibility index (Phi) is 11.6. The van der Waals surface area contributed by atoms with Gasteiger partial charge in [-0.1, -0.05) is 127 Å². The highest BCUT2D eigenvalue weighted by Crippen LogP contribution is 2.54. The highest BCUT2D eigenvalue weighted by molar-refractivity contribution is 6.92. The Bertz CT molecular complexity index is 893. The lowest BCUT2D eigenvalue weighted by Gasteiger charge is -2.38. The molecule has 200 valence electrons. The molecule has 0 amide bonds. The second kappa shape index (κ2) is 14.4. The van der Waals surface area contributed by atoms with Crippen molar-refractivity contribution in [3.05, 3.63) is 59.7 Å². The van der Waals surface area contributed by atoms with Crippen LogP contribution in [0.5, 0.6) is 5.75 Å². The van der Waals surface area contributed by atoms with Gasteiger partial charge >= 0.3 is 0 Å². The fourth-order valence-corrected chi connectivity index (χ4v) is 11.4. The van der Waals surface area contributed by atoms with Crippen LogP contribution in [0.1, 0.15) is 103 Å². The third-order valence-electron chi connectivity index (χ3n) is 8.82. The second-order valence-electron chi connectivity index (χ2n) is 12.0. The third kappa shape index (κ3) is 7.06. The number of ether oxygens (including phenoxy) is 1. The standard InChI is InChI=1S/C34H54OSi/c1-7-11-14-18-27-24-29(21-15-12-8-2)33(35-23-10-4)32(25-27)36(5,6)34-30(19-13-9-3)26-28-20-16-17-22-31(28)34/h10,16-17,22,24-25,28,30,34H,4,7-9,11-15,18-21,23,26H2,1-3,5-6H3. The molecule has 0 spiro atoms. The molecule has 1 nitrogen and oxygen atoms in total. The third-order valence-corrected chi connectivity index (χ3v) is 12.9. The molecule has 36 heavy (non-hydrogen) atoms. The van der Waals surface area contributed by atoms with Gasteiger partial charge in [-0.2, -0.15) is 0 Å². The van der Waals surface area contributed by atoms with Gasteiger partial charge in [0.05, 0.1) is 8.07 Å². The first-order chi connectivity index (χ1) is 17.5. The number of hydrogen-bond donors (Lipinski definition) is 0. The van der Waals surface area contributed by atoms with Gasteiger partial charge in [-0.05, 0) is 72.2 Å². The second-order valence-corrected chi connectivity index (χ2v) is 16.6. The molecule has 2 aliphatic rings. The zero-order valence-corrected chi connectivity index (χ0v) is 25.2. The van der Waals surface area contributed by atoms with Gasteiger partial charge in [0.25, 0.3) is 0 Å². The number of unbranched alkanes of at least 4 members (excludes halogenated alkanes) is 5. The monoisotopic (exact) mass is 506 g/mol. The summed E-state index contributed by atoms with van der Waals surface area (Å²) in [6.07, 6.45) is 25.9.